The SMILES string of the molecule is C=C(CC)CNC(C)(C)CC. The Kier molecular flexibility index (Phi) is 4.43. The first-order chi connectivity index (χ1) is 5.02. The monoisotopic (exact) mass is 155 g/mol. The van der Waals surface area contributed by atoms with E-state index in [-0.39, 0.29) is 5.54 Å². The molecule has 0 saturated carbocycles. The van der Waals surface area contributed by atoms with Crippen LogP contribution >= 0.6 is 0 Å². The van der Waals surface area contributed by atoms with Gasteiger partial charge in [0.15, 0.2) is 0 Å². The summed E-state index contributed by atoms with van der Waals surface area (Å²) < 4.78 is 0. The maximum Gasteiger partial charge on any atom is 0.0166 e. The molecular weight excluding hydrogens is 134 g/mol. The van der Waals surface area contributed by atoms with E-state index in [2.05, 4.69) is 39.6 Å². The maximum atomic E-state index is 3.95. The predicted molar refractivity (Wildman–Crippen MR) is 51.8 cm³/mol. The number of hydrogen-bond donors (Lipinski definition) is 1. The third-order valence-electron chi connectivity index (χ3n) is 2.20. The van der Waals surface area contributed by atoms with Gasteiger partial charge in [0.05, 0.1) is 0 Å². The molecule has 0 aromatic carbocycles. The van der Waals surface area contributed by atoms with Gasteiger partial charge in [-0.05, 0) is 26.7 Å². The lowest BCUT2D eigenvalue weighted by atomic mass is 10.0. The third kappa shape index (κ3) is 5.02. The van der Waals surface area contributed by atoms with Crippen molar-refractivity contribution in [3.05, 3.63) is 12.2 Å². The molecule has 0 aliphatic rings. The van der Waals surface area contributed by atoms with Gasteiger partial charge in [0, 0.05) is 12.1 Å². The van der Waals surface area contributed by atoms with Crippen LogP contribution in [-0.4, -0.2) is 12.1 Å². The molecule has 1 nitrogen and oxygen atoms in total. The van der Waals surface area contributed by atoms with Gasteiger partial charge >= 0.3 is 0 Å². The normalized spacial score (nSPS) is 11.6. The molecule has 1 heteroatoms. The first-order valence-corrected chi connectivity index (χ1v) is 4.43. The number of hydrogen-bond acceptors (Lipinski definition) is 1. The molecule has 0 bridgehead atoms. The van der Waals surface area contributed by atoms with Crippen LogP contribution in [0.1, 0.15) is 40.5 Å². The molecule has 0 radical (unpaired) electrons. The number of rotatable bonds is 5. The summed E-state index contributed by atoms with van der Waals surface area (Å²) in [6.45, 7) is 13.7. The van der Waals surface area contributed by atoms with E-state index in [0.717, 1.165) is 19.4 Å². The van der Waals surface area contributed by atoms with E-state index in [1.165, 1.54) is 5.57 Å². The summed E-state index contributed by atoms with van der Waals surface area (Å²) in [6, 6.07) is 0. The maximum absolute atomic E-state index is 3.95. The summed E-state index contributed by atoms with van der Waals surface area (Å²) in [5.41, 5.74) is 1.55. The summed E-state index contributed by atoms with van der Waals surface area (Å²) in [5, 5.41) is 3.46. The highest BCUT2D eigenvalue weighted by molar-refractivity contribution is 4.97. The first kappa shape index (κ1) is 10.7. The molecule has 0 spiro atoms. The Balaban J connectivity index is 3.61. The van der Waals surface area contributed by atoms with Gasteiger partial charge in [0.2, 0.25) is 0 Å². The fourth-order valence-corrected chi connectivity index (χ4v) is 0.614. The van der Waals surface area contributed by atoms with Crippen molar-refractivity contribution in [3.8, 4) is 0 Å². The summed E-state index contributed by atoms with van der Waals surface area (Å²) in [6.07, 6.45) is 2.23. The Morgan fingerprint density at radius 3 is 2.27 bits per heavy atom. The third-order valence-corrected chi connectivity index (χ3v) is 2.20. The minimum Gasteiger partial charge on any atom is -0.308 e. The molecule has 0 aromatic rings. The molecule has 1 N–H and O–H groups in total. The van der Waals surface area contributed by atoms with E-state index in [1.54, 1.807) is 0 Å². The summed E-state index contributed by atoms with van der Waals surface area (Å²) in [7, 11) is 0. The van der Waals surface area contributed by atoms with Gasteiger partial charge in [0.25, 0.3) is 0 Å². The highest BCUT2D eigenvalue weighted by atomic mass is 14.9. The minimum atomic E-state index is 0.262. The molecule has 0 heterocycles. The standard InChI is InChI=1S/C10H21N/c1-6-9(3)8-11-10(4,5)7-2/h11H,3,6-8H2,1-2,4-5H3. The van der Waals surface area contributed by atoms with Crippen molar-refractivity contribution >= 4 is 0 Å². The van der Waals surface area contributed by atoms with E-state index < -0.39 is 0 Å². The van der Waals surface area contributed by atoms with Crippen molar-refractivity contribution in [1.29, 1.82) is 0 Å². The van der Waals surface area contributed by atoms with Gasteiger partial charge in [-0.2, -0.15) is 0 Å². The zero-order valence-electron chi connectivity index (χ0n) is 8.33. The summed E-state index contributed by atoms with van der Waals surface area (Å²) in [4.78, 5) is 0. The zero-order chi connectivity index (χ0) is 8.91. The van der Waals surface area contributed by atoms with E-state index >= 15 is 0 Å². The van der Waals surface area contributed by atoms with Gasteiger partial charge < -0.3 is 5.32 Å². The molecule has 66 valence electrons. The number of nitrogens with one attached hydrogen (secondary N) is 1. The van der Waals surface area contributed by atoms with Crippen LogP contribution in [0.15, 0.2) is 12.2 Å². The highest BCUT2D eigenvalue weighted by Crippen LogP contribution is 2.07. The van der Waals surface area contributed by atoms with Crippen LogP contribution in [0.3, 0.4) is 0 Å². The molecule has 0 aliphatic carbocycles. The predicted octanol–water partition coefficient (Wildman–Crippen LogP) is 2.73. The molecule has 0 saturated heterocycles. The van der Waals surface area contributed by atoms with Crippen molar-refractivity contribution in [1.82, 2.24) is 5.32 Å². The van der Waals surface area contributed by atoms with Crippen molar-refractivity contribution in [2.45, 2.75) is 46.1 Å². The lowest BCUT2D eigenvalue weighted by Gasteiger charge is -2.24. The van der Waals surface area contributed by atoms with Crippen LogP contribution in [0.5, 0.6) is 0 Å². The van der Waals surface area contributed by atoms with Crippen LogP contribution in [0.25, 0.3) is 0 Å². The average Bonchev–Trinajstić information content (AvgIpc) is 2.00. The van der Waals surface area contributed by atoms with Crippen molar-refractivity contribution in [2.24, 2.45) is 0 Å². The zero-order valence-corrected chi connectivity index (χ0v) is 8.33. The summed E-state index contributed by atoms with van der Waals surface area (Å²) in [5.74, 6) is 0. The topological polar surface area (TPSA) is 12.0 Å². The second kappa shape index (κ2) is 4.55. The average molecular weight is 155 g/mol. The van der Waals surface area contributed by atoms with Crippen molar-refractivity contribution in [2.75, 3.05) is 6.54 Å². The Morgan fingerprint density at radius 2 is 1.91 bits per heavy atom. The molecule has 11 heavy (non-hydrogen) atoms. The van der Waals surface area contributed by atoms with Crippen LogP contribution in [0.4, 0.5) is 0 Å². The molecule has 0 fully saturated rings. The summed E-state index contributed by atoms with van der Waals surface area (Å²) >= 11 is 0. The van der Waals surface area contributed by atoms with Crippen LogP contribution in [0, 0.1) is 0 Å². The lowest BCUT2D eigenvalue weighted by molar-refractivity contribution is 0.390. The fraction of sp³-hybridized carbons (Fsp3) is 0.800. The fourth-order valence-electron chi connectivity index (χ4n) is 0.614. The molecule has 0 aromatic heterocycles. The Hall–Kier alpha value is -0.300. The van der Waals surface area contributed by atoms with E-state index in [0.29, 0.717) is 0 Å². The van der Waals surface area contributed by atoms with E-state index in [9.17, 15) is 0 Å². The Bertz CT molecular complexity index is 125. The molecular formula is C10H21N. The van der Waals surface area contributed by atoms with Gasteiger partial charge in [-0.1, -0.05) is 26.0 Å². The largest absolute Gasteiger partial charge is 0.308 e. The quantitative estimate of drug-likeness (QED) is 0.602. The van der Waals surface area contributed by atoms with Crippen LogP contribution in [-0.2, 0) is 0 Å². The molecule has 0 rings (SSSR count). The minimum absolute atomic E-state index is 0.262. The highest BCUT2D eigenvalue weighted by Gasteiger charge is 2.12. The molecule has 0 atom stereocenters. The first-order valence-electron chi connectivity index (χ1n) is 4.43. The van der Waals surface area contributed by atoms with Crippen molar-refractivity contribution < 1.29 is 0 Å². The van der Waals surface area contributed by atoms with E-state index in [1.807, 2.05) is 0 Å². The van der Waals surface area contributed by atoms with Crippen LogP contribution < -0.4 is 5.32 Å². The van der Waals surface area contributed by atoms with Gasteiger partial charge in [0.1, 0.15) is 0 Å². The Labute approximate surface area is 70.9 Å². The second-order valence-electron chi connectivity index (χ2n) is 3.69. The lowest BCUT2D eigenvalue weighted by Crippen LogP contribution is -2.39. The van der Waals surface area contributed by atoms with Gasteiger partial charge in [-0.15, -0.1) is 0 Å². The Morgan fingerprint density at radius 1 is 1.36 bits per heavy atom. The molecule has 0 aliphatic heterocycles. The van der Waals surface area contributed by atoms with Crippen LogP contribution in [0.2, 0.25) is 0 Å². The van der Waals surface area contributed by atoms with Gasteiger partial charge in [-0.3, -0.25) is 0 Å². The second-order valence-corrected chi connectivity index (χ2v) is 3.69. The van der Waals surface area contributed by atoms with Gasteiger partial charge in [-0.25, -0.2) is 0 Å². The van der Waals surface area contributed by atoms with E-state index in [4.69, 9.17) is 0 Å². The molecule has 0 amide bonds. The molecule has 0 unspecified atom stereocenters. The smallest absolute Gasteiger partial charge is 0.0166 e. The van der Waals surface area contributed by atoms with Crippen molar-refractivity contribution in [3.63, 3.8) is 0 Å².